The van der Waals surface area contributed by atoms with Gasteiger partial charge in [-0.1, -0.05) is 23.2 Å². The van der Waals surface area contributed by atoms with Crippen molar-refractivity contribution in [1.29, 1.82) is 0 Å². The number of hydrogen-bond donors (Lipinski definition) is 1. The summed E-state index contributed by atoms with van der Waals surface area (Å²) in [6.45, 7) is 0.0297. The number of amides is 3. The van der Waals surface area contributed by atoms with Crippen LogP contribution in [-0.4, -0.2) is 22.6 Å². The second-order valence-electron chi connectivity index (χ2n) is 6.15. The van der Waals surface area contributed by atoms with Crippen molar-refractivity contribution in [2.45, 2.75) is 6.54 Å². The maximum atomic E-state index is 12.7. The predicted octanol–water partition coefficient (Wildman–Crippen LogP) is 4.63. The lowest BCUT2D eigenvalue weighted by Gasteiger charge is -2.11. The van der Waals surface area contributed by atoms with Crippen molar-refractivity contribution in [2.75, 3.05) is 5.32 Å². The lowest BCUT2D eigenvalue weighted by Crippen LogP contribution is -2.28. The van der Waals surface area contributed by atoms with Gasteiger partial charge in [0.2, 0.25) is 0 Å². The van der Waals surface area contributed by atoms with Crippen molar-refractivity contribution in [3.05, 3.63) is 87.3 Å². The minimum absolute atomic E-state index is 0.0297. The van der Waals surface area contributed by atoms with Crippen molar-refractivity contribution in [1.82, 2.24) is 4.90 Å². The van der Waals surface area contributed by atoms with Crippen molar-refractivity contribution in [3.63, 3.8) is 0 Å². The number of rotatable bonds is 4. The Morgan fingerprint density at radius 2 is 1.68 bits per heavy atom. The third-order valence-corrected chi connectivity index (χ3v) is 4.68. The van der Waals surface area contributed by atoms with E-state index in [-0.39, 0.29) is 23.2 Å². The molecule has 0 fully saturated rings. The van der Waals surface area contributed by atoms with E-state index in [0.717, 1.165) is 4.90 Å². The molecule has 4 rings (SSSR count). The fourth-order valence-electron chi connectivity index (χ4n) is 2.96. The summed E-state index contributed by atoms with van der Waals surface area (Å²) in [5, 5.41) is 3.43. The Bertz CT molecular complexity index is 1090. The summed E-state index contributed by atoms with van der Waals surface area (Å²) in [5.74, 6) is -0.863. The van der Waals surface area contributed by atoms with Gasteiger partial charge in [-0.3, -0.25) is 19.3 Å². The average molecular weight is 415 g/mol. The van der Waals surface area contributed by atoms with Crippen molar-refractivity contribution < 1.29 is 18.8 Å². The molecule has 28 heavy (non-hydrogen) atoms. The number of halogens is 2. The smallest absolute Gasteiger partial charge is 0.261 e. The molecule has 0 bridgehead atoms. The molecule has 0 saturated carbocycles. The van der Waals surface area contributed by atoms with E-state index in [1.165, 1.54) is 24.5 Å². The van der Waals surface area contributed by atoms with Crippen LogP contribution in [0.15, 0.2) is 59.2 Å². The summed E-state index contributed by atoms with van der Waals surface area (Å²) >= 11 is 11.9. The molecule has 1 aromatic heterocycles. The lowest BCUT2D eigenvalue weighted by atomic mass is 10.1. The summed E-state index contributed by atoms with van der Waals surface area (Å²) in [6.07, 6.45) is 1.47. The van der Waals surface area contributed by atoms with Crippen LogP contribution in [0.5, 0.6) is 0 Å². The molecule has 2 heterocycles. The van der Waals surface area contributed by atoms with Gasteiger partial charge >= 0.3 is 0 Å². The SMILES string of the molecule is O=C(Nc1cc(Cl)cc(Cl)c1)c1ccc2c(c1)C(=O)N(Cc1ccco1)C2=O. The van der Waals surface area contributed by atoms with Gasteiger partial charge in [-0.15, -0.1) is 0 Å². The highest BCUT2D eigenvalue weighted by molar-refractivity contribution is 6.35. The zero-order valence-corrected chi connectivity index (χ0v) is 15.8. The Kier molecular flexibility index (Phi) is 4.66. The predicted molar refractivity (Wildman–Crippen MR) is 104 cm³/mol. The molecule has 140 valence electrons. The third-order valence-electron chi connectivity index (χ3n) is 4.25. The van der Waals surface area contributed by atoms with E-state index >= 15 is 0 Å². The van der Waals surface area contributed by atoms with E-state index in [1.807, 2.05) is 0 Å². The molecule has 3 amide bonds. The Morgan fingerprint density at radius 3 is 2.36 bits per heavy atom. The summed E-state index contributed by atoms with van der Waals surface area (Å²) in [6, 6.07) is 12.4. The first-order chi connectivity index (χ1) is 13.4. The highest BCUT2D eigenvalue weighted by Crippen LogP contribution is 2.27. The van der Waals surface area contributed by atoms with E-state index < -0.39 is 17.7 Å². The van der Waals surface area contributed by atoms with Gasteiger partial charge in [0.15, 0.2) is 0 Å². The van der Waals surface area contributed by atoms with Crippen LogP contribution in [0, 0.1) is 0 Å². The molecule has 0 atom stereocenters. The molecule has 0 spiro atoms. The topological polar surface area (TPSA) is 79.6 Å². The van der Waals surface area contributed by atoms with Gasteiger partial charge in [0.1, 0.15) is 5.76 Å². The van der Waals surface area contributed by atoms with Crippen LogP contribution in [0.3, 0.4) is 0 Å². The summed E-state index contributed by atoms with van der Waals surface area (Å²) < 4.78 is 5.21. The zero-order valence-electron chi connectivity index (χ0n) is 14.2. The molecule has 0 saturated heterocycles. The Labute approximate surface area is 169 Å². The number of nitrogens with one attached hydrogen (secondary N) is 1. The van der Waals surface area contributed by atoms with Gasteiger partial charge < -0.3 is 9.73 Å². The van der Waals surface area contributed by atoms with E-state index in [4.69, 9.17) is 27.6 Å². The monoisotopic (exact) mass is 414 g/mol. The zero-order chi connectivity index (χ0) is 19.8. The molecule has 0 radical (unpaired) electrons. The highest BCUT2D eigenvalue weighted by Gasteiger charge is 2.36. The van der Waals surface area contributed by atoms with E-state index in [2.05, 4.69) is 5.32 Å². The molecule has 1 N–H and O–H groups in total. The first kappa shape index (κ1) is 18.3. The largest absolute Gasteiger partial charge is 0.467 e. The summed E-state index contributed by atoms with van der Waals surface area (Å²) in [5.41, 5.74) is 1.08. The first-order valence-corrected chi connectivity index (χ1v) is 8.98. The first-order valence-electron chi connectivity index (χ1n) is 8.22. The standard InChI is InChI=1S/C20H12Cl2N2O4/c21-12-7-13(22)9-14(8-12)23-18(25)11-3-4-16-17(6-11)20(27)24(19(16)26)10-15-2-1-5-28-15/h1-9H,10H2,(H,23,25). The molecular formula is C20H12Cl2N2O4. The fourth-order valence-corrected chi connectivity index (χ4v) is 3.49. The van der Waals surface area contributed by atoms with Gasteiger partial charge in [-0.2, -0.15) is 0 Å². The van der Waals surface area contributed by atoms with Gasteiger partial charge in [0, 0.05) is 21.3 Å². The molecule has 3 aromatic rings. The van der Waals surface area contributed by atoms with Gasteiger partial charge in [-0.25, -0.2) is 0 Å². The van der Waals surface area contributed by atoms with Crippen LogP contribution in [0.25, 0.3) is 0 Å². The molecule has 0 aliphatic carbocycles. The number of fused-ring (bicyclic) bond motifs is 1. The number of furan rings is 1. The number of carbonyl (C=O) groups is 3. The minimum Gasteiger partial charge on any atom is -0.467 e. The maximum Gasteiger partial charge on any atom is 0.261 e. The van der Waals surface area contributed by atoms with Crippen molar-refractivity contribution in [2.24, 2.45) is 0 Å². The van der Waals surface area contributed by atoms with E-state index in [0.29, 0.717) is 21.5 Å². The van der Waals surface area contributed by atoms with E-state index in [1.54, 1.807) is 30.3 Å². The molecule has 8 heteroatoms. The number of benzene rings is 2. The summed E-state index contributed by atoms with van der Waals surface area (Å²) in [4.78, 5) is 38.8. The number of anilines is 1. The quantitative estimate of drug-likeness (QED) is 0.630. The number of carbonyl (C=O) groups excluding carboxylic acids is 3. The number of imide groups is 1. The molecular weight excluding hydrogens is 403 g/mol. The second kappa shape index (κ2) is 7.14. The summed E-state index contributed by atoms with van der Waals surface area (Å²) in [7, 11) is 0. The second-order valence-corrected chi connectivity index (χ2v) is 7.02. The molecule has 2 aromatic carbocycles. The third kappa shape index (κ3) is 3.40. The highest BCUT2D eigenvalue weighted by atomic mass is 35.5. The van der Waals surface area contributed by atoms with Gasteiger partial charge in [0.25, 0.3) is 17.7 Å². The van der Waals surface area contributed by atoms with Crippen molar-refractivity contribution >= 4 is 46.6 Å². The molecule has 0 unspecified atom stereocenters. The average Bonchev–Trinajstić information content (AvgIpc) is 3.24. The van der Waals surface area contributed by atoms with Crippen molar-refractivity contribution in [3.8, 4) is 0 Å². The van der Waals surface area contributed by atoms with Crippen LogP contribution >= 0.6 is 23.2 Å². The van der Waals surface area contributed by atoms with Gasteiger partial charge in [0.05, 0.1) is 23.9 Å². The van der Waals surface area contributed by atoms with Gasteiger partial charge in [-0.05, 0) is 48.5 Å². The van der Waals surface area contributed by atoms with Crippen LogP contribution < -0.4 is 5.32 Å². The fraction of sp³-hybridized carbons (Fsp3) is 0.0500. The minimum atomic E-state index is -0.475. The Morgan fingerprint density at radius 1 is 0.964 bits per heavy atom. The van der Waals surface area contributed by atoms with Crippen LogP contribution in [-0.2, 0) is 6.54 Å². The normalized spacial score (nSPS) is 13.0. The Hall–Kier alpha value is -3.09. The van der Waals surface area contributed by atoms with E-state index in [9.17, 15) is 14.4 Å². The Balaban J connectivity index is 1.58. The molecule has 6 nitrogen and oxygen atoms in total. The molecule has 1 aliphatic rings. The van der Waals surface area contributed by atoms with Crippen LogP contribution in [0.2, 0.25) is 10.0 Å². The van der Waals surface area contributed by atoms with Crippen LogP contribution in [0.1, 0.15) is 36.8 Å². The molecule has 1 aliphatic heterocycles. The number of nitrogens with zero attached hydrogens (tertiary/aromatic N) is 1. The maximum absolute atomic E-state index is 12.7. The van der Waals surface area contributed by atoms with Crippen LogP contribution in [0.4, 0.5) is 5.69 Å². The lowest BCUT2D eigenvalue weighted by molar-refractivity contribution is 0.0631. The number of hydrogen-bond acceptors (Lipinski definition) is 4.